The van der Waals surface area contributed by atoms with Crippen molar-refractivity contribution in [3.05, 3.63) is 87.9 Å². The first-order valence-electron chi connectivity index (χ1n) is 13.6. The van der Waals surface area contributed by atoms with E-state index in [9.17, 15) is 34.8 Å². The average Bonchev–Trinajstić information content (AvgIpc) is 2.86. The van der Waals surface area contributed by atoms with Crippen molar-refractivity contribution in [2.75, 3.05) is 0 Å². The third-order valence-corrected chi connectivity index (χ3v) is 8.73. The van der Waals surface area contributed by atoms with E-state index in [0.29, 0.717) is 5.56 Å². The minimum absolute atomic E-state index is 0.0252. The van der Waals surface area contributed by atoms with Gasteiger partial charge in [0.2, 0.25) is 5.78 Å². The molecule has 3 aliphatic carbocycles. The highest BCUT2D eigenvalue weighted by atomic mass is 16.3. The molecule has 7 nitrogen and oxygen atoms in total. The minimum Gasteiger partial charge on any atom is -0.511 e. The smallest absolute Gasteiger partial charge is 0.209 e. The number of carbonyl (C=O) groups excluding carboxylic acids is 3. The first-order valence-corrected chi connectivity index (χ1v) is 13.6. The van der Waals surface area contributed by atoms with Crippen molar-refractivity contribution in [3.63, 3.8) is 0 Å². The predicted octanol–water partition coefficient (Wildman–Crippen LogP) is 5.35. The van der Waals surface area contributed by atoms with Crippen molar-refractivity contribution in [1.29, 1.82) is 0 Å². The van der Waals surface area contributed by atoms with E-state index >= 15 is 0 Å². The quantitative estimate of drug-likeness (QED) is 0.296. The summed E-state index contributed by atoms with van der Waals surface area (Å²) in [7, 11) is 0. The van der Waals surface area contributed by atoms with E-state index in [1.807, 2.05) is 31.2 Å². The zero-order chi connectivity index (χ0) is 29.3. The third kappa shape index (κ3) is 3.94. The van der Waals surface area contributed by atoms with Crippen LogP contribution in [0.1, 0.15) is 55.6 Å². The van der Waals surface area contributed by atoms with Crippen LogP contribution in [0.4, 0.5) is 0 Å². The first-order chi connectivity index (χ1) is 18.8. The number of phenolic OH excluding ortho intramolecular Hbond substituents is 1. The number of hydrogen-bond acceptors (Lipinski definition) is 7. The maximum atomic E-state index is 13.9. The lowest BCUT2D eigenvalue weighted by Gasteiger charge is -2.50. The molecule has 0 saturated heterocycles. The van der Waals surface area contributed by atoms with Gasteiger partial charge in [-0.3, -0.25) is 14.4 Å². The normalized spacial score (nSPS) is 26.0. The van der Waals surface area contributed by atoms with Gasteiger partial charge in [-0.1, -0.05) is 56.3 Å². The van der Waals surface area contributed by atoms with Gasteiger partial charge in [0.25, 0.3) is 0 Å². The molecule has 0 spiro atoms. The summed E-state index contributed by atoms with van der Waals surface area (Å²) in [4.78, 5) is 39.8. The summed E-state index contributed by atoms with van der Waals surface area (Å²) >= 11 is 0. The van der Waals surface area contributed by atoms with Crippen LogP contribution in [-0.2, 0) is 22.4 Å². The number of ketones is 3. The van der Waals surface area contributed by atoms with Crippen molar-refractivity contribution in [3.8, 4) is 16.9 Å². The zero-order valence-electron chi connectivity index (χ0n) is 23.1. The Bertz CT molecular complexity index is 1540. The Kier molecular flexibility index (Phi) is 6.62. The van der Waals surface area contributed by atoms with Crippen LogP contribution >= 0.6 is 0 Å². The number of aliphatic hydroxyl groups excluding tert-OH is 2. The highest BCUT2D eigenvalue weighted by Gasteiger charge is 2.62. The molecule has 0 saturated carbocycles. The molecule has 4 atom stereocenters. The van der Waals surface area contributed by atoms with E-state index in [0.717, 1.165) is 35.6 Å². The van der Waals surface area contributed by atoms with E-state index in [1.165, 1.54) is 6.07 Å². The lowest BCUT2D eigenvalue weighted by atomic mass is 9.55. The van der Waals surface area contributed by atoms with Crippen molar-refractivity contribution >= 4 is 17.3 Å². The second-order valence-electron chi connectivity index (χ2n) is 11.8. The number of hydrogen-bond donors (Lipinski definition) is 4. The minimum atomic E-state index is -2.53. The van der Waals surface area contributed by atoms with E-state index in [4.69, 9.17) is 0 Å². The second-order valence-corrected chi connectivity index (χ2v) is 11.8. The second kappa shape index (κ2) is 9.59. The molecule has 0 fully saturated rings. The first kappa shape index (κ1) is 27.6. The summed E-state index contributed by atoms with van der Waals surface area (Å²) < 4.78 is 0. The standard InChI is InChI=1S/C33H34O7/c1-15(2)12-18-6-8-19(9-7-18)21-10-11-24(35)28-22(21)13-20-14-23-25(16(3)4)29(36)26(17(5)34)31(38)33(23,40)32(39)27(20)30(28)37/h6-11,16,20,23,25,35-36,39-40H,1,12-14H2,2-5H3. The highest BCUT2D eigenvalue weighted by molar-refractivity contribution is 6.25. The molecule has 0 aliphatic heterocycles. The van der Waals surface area contributed by atoms with Crippen LogP contribution < -0.4 is 0 Å². The number of aromatic hydroxyl groups is 1. The number of benzene rings is 2. The molecule has 0 amide bonds. The van der Waals surface area contributed by atoms with Gasteiger partial charge in [0.15, 0.2) is 17.2 Å². The predicted molar refractivity (Wildman–Crippen MR) is 150 cm³/mol. The number of fused-ring (bicyclic) bond motifs is 3. The molecule has 0 bridgehead atoms. The largest absolute Gasteiger partial charge is 0.511 e. The van der Waals surface area contributed by atoms with E-state index in [-0.39, 0.29) is 41.4 Å². The summed E-state index contributed by atoms with van der Waals surface area (Å²) in [5.41, 5.74) is 1.20. The van der Waals surface area contributed by atoms with E-state index < -0.39 is 52.0 Å². The Morgan fingerprint density at radius 3 is 2.27 bits per heavy atom. The molecular weight excluding hydrogens is 508 g/mol. The maximum absolute atomic E-state index is 13.9. The van der Waals surface area contributed by atoms with Gasteiger partial charge in [-0.25, -0.2) is 0 Å². The van der Waals surface area contributed by atoms with Crippen LogP contribution in [0.3, 0.4) is 0 Å². The SMILES string of the molecule is C=C(C)Cc1ccc(-c2ccc(O)c3c2CC2CC4C(C(C)C)C(O)=C(C(C)=O)C(=O)C4(O)C(O)=C2C3=O)cc1. The number of aliphatic hydroxyl groups is 3. The summed E-state index contributed by atoms with van der Waals surface area (Å²) in [5, 5.41) is 45.1. The lowest BCUT2D eigenvalue weighted by Crippen LogP contribution is -2.60. The maximum Gasteiger partial charge on any atom is 0.209 e. The summed E-state index contributed by atoms with van der Waals surface area (Å²) in [6, 6.07) is 11.1. The molecule has 4 unspecified atom stereocenters. The molecule has 2 aromatic carbocycles. The number of carbonyl (C=O) groups is 3. The molecule has 4 N–H and O–H groups in total. The van der Waals surface area contributed by atoms with Gasteiger partial charge in [-0.05, 0) is 73.3 Å². The van der Waals surface area contributed by atoms with Crippen molar-refractivity contribution < 1.29 is 34.8 Å². The van der Waals surface area contributed by atoms with E-state index in [2.05, 4.69) is 6.58 Å². The molecule has 40 heavy (non-hydrogen) atoms. The fourth-order valence-corrected chi connectivity index (χ4v) is 7.02. The molecule has 5 rings (SSSR count). The number of phenols is 1. The van der Waals surface area contributed by atoms with Crippen molar-refractivity contribution in [1.82, 2.24) is 0 Å². The van der Waals surface area contributed by atoms with Crippen LogP contribution in [0.25, 0.3) is 11.1 Å². The molecule has 0 heterocycles. The van der Waals surface area contributed by atoms with Gasteiger partial charge in [-0.2, -0.15) is 0 Å². The summed E-state index contributed by atoms with van der Waals surface area (Å²) in [5.74, 6) is -6.51. The highest BCUT2D eigenvalue weighted by Crippen LogP contribution is 2.55. The zero-order valence-corrected chi connectivity index (χ0v) is 23.1. The third-order valence-electron chi connectivity index (χ3n) is 8.73. The molecule has 3 aliphatic rings. The van der Waals surface area contributed by atoms with Crippen LogP contribution in [0.2, 0.25) is 0 Å². The molecule has 0 aromatic heterocycles. The van der Waals surface area contributed by atoms with Gasteiger partial charge in [0, 0.05) is 17.4 Å². The molecule has 208 valence electrons. The Labute approximate surface area is 233 Å². The average molecular weight is 543 g/mol. The van der Waals surface area contributed by atoms with Crippen molar-refractivity contribution in [2.45, 2.75) is 52.6 Å². The van der Waals surface area contributed by atoms with Gasteiger partial charge < -0.3 is 20.4 Å². The number of allylic oxidation sites excluding steroid dienone is 3. The molecule has 2 aromatic rings. The Morgan fingerprint density at radius 1 is 1.05 bits per heavy atom. The fourth-order valence-electron chi connectivity index (χ4n) is 7.02. The van der Waals surface area contributed by atoms with E-state index in [1.54, 1.807) is 19.9 Å². The van der Waals surface area contributed by atoms with Gasteiger partial charge in [-0.15, -0.1) is 0 Å². The molecular formula is C33H34O7. The van der Waals surface area contributed by atoms with Gasteiger partial charge in [0.05, 0.1) is 5.56 Å². The topological polar surface area (TPSA) is 132 Å². The van der Waals surface area contributed by atoms with Crippen LogP contribution in [0.15, 0.2) is 71.2 Å². The van der Waals surface area contributed by atoms with Gasteiger partial charge >= 0.3 is 0 Å². The van der Waals surface area contributed by atoms with Gasteiger partial charge in [0.1, 0.15) is 22.8 Å². The summed E-state index contributed by atoms with van der Waals surface area (Å²) in [6.45, 7) is 10.6. The van der Waals surface area contributed by atoms with Crippen LogP contribution in [0, 0.1) is 23.7 Å². The number of Topliss-reactive ketones (excluding diaryl/α,β-unsaturated/α-hetero) is 3. The molecule has 0 radical (unpaired) electrons. The Morgan fingerprint density at radius 2 is 1.70 bits per heavy atom. The fraction of sp³-hybridized carbons (Fsp3) is 0.364. The molecule has 7 heteroatoms. The Hall–Kier alpha value is -3.97. The summed E-state index contributed by atoms with van der Waals surface area (Å²) in [6.07, 6.45) is 1.14. The van der Waals surface area contributed by atoms with Crippen LogP contribution in [0.5, 0.6) is 5.75 Å². The monoisotopic (exact) mass is 542 g/mol. The Balaban J connectivity index is 1.66. The van der Waals surface area contributed by atoms with Crippen LogP contribution in [-0.4, -0.2) is 43.4 Å². The lowest BCUT2D eigenvalue weighted by molar-refractivity contribution is -0.149. The van der Waals surface area contributed by atoms with Crippen molar-refractivity contribution in [2.24, 2.45) is 23.7 Å². The number of rotatable bonds is 5.